The smallest absolute Gasteiger partial charge is 0.322 e. The highest BCUT2D eigenvalue weighted by Gasteiger charge is 2.31. The molecule has 24 heavy (non-hydrogen) atoms. The SMILES string of the molecule is CC[C@H]1C(=O)NCCN1C(=O)Nc1cc(-c2ccco2)ccc1F. The van der Waals surface area contributed by atoms with Crippen LogP contribution in [0.25, 0.3) is 11.3 Å². The summed E-state index contributed by atoms with van der Waals surface area (Å²) in [7, 11) is 0. The zero-order chi connectivity index (χ0) is 17.1. The molecule has 1 atom stereocenters. The van der Waals surface area contributed by atoms with E-state index in [9.17, 15) is 14.0 Å². The van der Waals surface area contributed by atoms with Gasteiger partial charge in [-0.05, 0) is 36.8 Å². The number of carbonyl (C=O) groups excluding carboxylic acids is 2. The second kappa shape index (κ2) is 6.74. The van der Waals surface area contributed by atoms with E-state index in [1.165, 1.54) is 23.3 Å². The number of halogens is 1. The lowest BCUT2D eigenvalue weighted by atomic mass is 10.1. The third-order valence-corrected chi connectivity index (χ3v) is 3.99. The van der Waals surface area contributed by atoms with Crippen LogP contribution in [0.2, 0.25) is 0 Å². The fourth-order valence-corrected chi connectivity index (χ4v) is 2.77. The Balaban J connectivity index is 1.81. The standard InChI is InChI=1S/C17H18FN3O3/c1-2-14-16(22)19-7-8-21(14)17(23)20-13-10-11(5-6-12(13)18)15-4-3-9-24-15/h3-6,9-10,14H,2,7-8H2,1H3,(H,19,22)(H,20,23)/t14-/m0/s1. The molecule has 0 radical (unpaired) electrons. The molecule has 1 aromatic carbocycles. The Hall–Kier alpha value is -2.83. The first-order valence-corrected chi connectivity index (χ1v) is 7.79. The number of furan rings is 1. The summed E-state index contributed by atoms with van der Waals surface area (Å²) in [6.07, 6.45) is 2.02. The van der Waals surface area contributed by atoms with Gasteiger partial charge >= 0.3 is 6.03 Å². The summed E-state index contributed by atoms with van der Waals surface area (Å²) in [5.41, 5.74) is 0.704. The maximum atomic E-state index is 14.1. The number of urea groups is 1. The molecule has 3 amide bonds. The molecule has 1 aromatic heterocycles. The van der Waals surface area contributed by atoms with E-state index in [0.717, 1.165) is 0 Å². The van der Waals surface area contributed by atoms with Gasteiger partial charge in [-0.3, -0.25) is 4.79 Å². The second-order valence-corrected chi connectivity index (χ2v) is 5.51. The van der Waals surface area contributed by atoms with Gasteiger partial charge in [-0.15, -0.1) is 0 Å². The third-order valence-electron chi connectivity index (χ3n) is 3.99. The van der Waals surface area contributed by atoms with Crippen LogP contribution in [0.5, 0.6) is 0 Å². The first-order valence-electron chi connectivity index (χ1n) is 7.79. The predicted molar refractivity (Wildman–Crippen MR) is 86.9 cm³/mol. The van der Waals surface area contributed by atoms with E-state index in [-0.39, 0.29) is 11.6 Å². The van der Waals surface area contributed by atoms with Crippen LogP contribution in [0.1, 0.15) is 13.3 Å². The van der Waals surface area contributed by atoms with Crippen molar-refractivity contribution >= 4 is 17.6 Å². The van der Waals surface area contributed by atoms with E-state index in [1.54, 1.807) is 18.2 Å². The average molecular weight is 331 g/mol. The molecule has 0 bridgehead atoms. The lowest BCUT2D eigenvalue weighted by Gasteiger charge is -2.34. The molecule has 2 heterocycles. The predicted octanol–water partition coefficient (Wildman–Crippen LogP) is 2.83. The molecule has 0 saturated carbocycles. The highest BCUT2D eigenvalue weighted by molar-refractivity contribution is 5.95. The lowest BCUT2D eigenvalue weighted by Crippen LogP contribution is -2.57. The zero-order valence-electron chi connectivity index (χ0n) is 13.2. The minimum Gasteiger partial charge on any atom is -0.464 e. The Morgan fingerprint density at radius 3 is 3.00 bits per heavy atom. The number of hydrogen-bond donors (Lipinski definition) is 2. The van der Waals surface area contributed by atoms with Crippen LogP contribution in [0.3, 0.4) is 0 Å². The summed E-state index contributed by atoms with van der Waals surface area (Å²) in [5, 5.41) is 5.28. The van der Waals surface area contributed by atoms with Crippen molar-refractivity contribution in [3.63, 3.8) is 0 Å². The van der Waals surface area contributed by atoms with Gasteiger partial charge in [0.2, 0.25) is 5.91 Å². The van der Waals surface area contributed by atoms with Crippen molar-refractivity contribution in [2.45, 2.75) is 19.4 Å². The molecule has 0 aliphatic carbocycles. The van der Waals surface area contributed by atoms with Crippen molar-refractivity contribution in [1.82, 2.24) is 10.2 Å². The third kappa shape index (κ3) is 3.10. The summed E-state index contributed by atoms with van der Waals surface area (Å²) in [4.78, 5) is 25.8. The van der Waals surface area contributed by atoms with Gasteiger partial charge in [-0.2, -0.15) is 0 Å². The second-order valence-electron chi connectivity index (χ2n) is 5.51. The molecule has 2 N–H and O–H groups in total. The number of nitrogens with zero attached hydrogens (tertiary/aromatic N) is 1. The number of benzene rings is 1. The van der Waals surface area contributed by atoms with Crippen LogP contribution < -0.4 is 10.6 Å². The summed E-state index contributed by atoms with van der Waals surface area (Å²) in [6.45, 7) is 2.60. The van der Waals surface area contributed by atoms with Crippen molar-refractivity contribution in [3.8, 4) is 11.3 Å². The molecule has 6 nitrogen and oxygen atoms in total. The Kier molecular flexibility index (Phi) is 4.50. The molecule has 3 rings (SSSR count). The van der Waals surface area contributed by atoms with Gasteiger partial charge in [0.05, 0.1) is 12.0 Å². The molecule has 1 aliphatic heterocycles. The van der Waals surface area contributed by atoms with Crippen molar-refractivity contribution in [1.29, 1.82) is 0 Å². The van der Waals surface area contributed by atoms with Crippen molar-refractivity contribution in [3.05, 3.63) is 42.4 Å². The van der Waals surface area contributed by atoms with Gasteiger partial charge in [0.25, 0.3) is 0 Å². The number of rotatable bonds is 3. The molecule has 126 valence electrons. The molecule has 7 heteroatoms. The molecule has 2 aromatic rings. The fourth-order valence-electron chi connectivity index (χ4n) is 2.77. The largest absolute Gasteiger partial charge is 0.464 e. The molecule has 0 spiro atoms. The number of hydrogen-bond acceptors (Lipinski definition) is 3. The molecular weight excluding hydrogens is 313 g/mol. The highest BCUT2D eigenvalue weighted by Crippen LogP contribution is 2.26. The van der Waals surface area contributed by atoms with E-state index >= 15 is 0 Å². The van der Waals surface area contributed by atoms with Gasteiger partial charge in [-0.1, -0.05) is 6.92 Å². The zero-order valence-corrected chi connectivity index (χ0v) is 13.2. The number of nitrogens with one attached hydrogen (secondary N) is 2. The molecule has 0 unspecified atom stereocenters. The van der Waals surface area contributed by atoms with Gasteiger partial charge in [-0.25, -0.2) is 9.18 Å². The lowest BCUT2D eigenvalue weighted by molar-refractivity contribution is -0.127. The number of carbonyl (C=O) groups is 2. The quantitative estimate of drug-likeness (QED) is 0.908. The first-order chi connectivity index (χ1) is 11.6. The Morgan fingerprint density at radius 1 is 1.46 bits per heavy atom. The first kappa shape index (κ1) is 16.0. The molecule has 1 aliphatic rings. The molecule has 1 saturated heterocycles. The summed E-state index contributed by atoms with van der Waals surface area (Å²) >= 11 is 0. The van der Waals surface area contributed by atoms with Crippen LogP contribution in [0.4, 0.5) is 14.9 Å². The van der Waals surface area contributed by atoms with Crippen molar-refractivity contribution < 1.29 is 18.4 Å². The topological polar surface area (TPSA) is 74.6 Å². The van der Waals surface area contributed by atoms with E-state index in [0.29, 0.717) is 30.8 Å². The average Bonchev–Trinajstić information content (AvgIpc) is 3.11. The van der Waals surface area contributed by atoms with Crippen LogP contribution >= 0.6 is 0 Å². The molecule has 1 fully saturated rings. The minimum absolute atomic E-state index is 0.0507. The van der Waals surface area contributed by atoms with E-state index < -0.39 is 17.9 Å². The summed E-state index contributed by atoms with van der Waals surface area (Å²) in [6, 6.07) is 6.80. The van der Waals surface area contributed by atoms with Crippen LogP contribution in [-0.2, 0) is 4.79 Å². The van der Waals surface area contributed by atoms with E-state index in [1.807, 2.05) is 6.92 Å². The number of anilines is 1. The van der Waals surface area contributed by atoms with E-state index in [4.69, 9.17) is 4.42 Å². The van der Waals surface area contributed by atoms with Gasteiger partial charge in [0, 0.05) is 18.7 Å². The Bertz CT molecular complexity index is 746. The Labute approximate surface area is 138 Å². The summed E-state index contributed by atoms with van der Waals surface area (Å²) < 4.78 is 19.3. The number of amides is 3. The maximum Gasteiger partial charge on any atom is 0.322 e. The minimum atomic E-state index is -0.548. The summed E-state index contributed by atoms with van der Waals surface area (Å²) in [5.74, 6) is -0.161. The fraction of sp³-hybridized carbons (Fsp3) is 0.294. The van der Waals surface area contributed by atoms with Gasteiger partial charge in [0.15, 0.2) is 0 Å². The van der Waals surface area contributed by atoms with Crippen molar-refractivity contribution in [2.75, 3.05) is 18.4 Å². The number of piperazine rings is 1. The maximum absolute atomic E-state index is 14.1. The molecular formula is C17H18FN3O3. The van der Waals surface area contributed by atoms with Crippen LogP contribution in [0.15, 0.2) is 41.0 Å². The normalized spacial score (nSPS) is 17.5. The van der Waals surface area contributed by atoms with Crippen LogP contribution in [-0.4, -0.2) is 36.0 Å². The Morgan fingerprint density at radius 2 is 2.29 bits per heavy atom. The monoisotopic (exact) mass is 331 g/mol. The van der Waals surface area contributed by atoms with E-state index in [2.05, 4.69) is 10.6 Å². The van der Waals surface area contributed by atoms with Crippen molar-refractivity contribution in [2.24, 2.45) is 0 Å². The van der Waals surface area contributed by atoms with Crippen LogP contribution in [0, 0.1) is 5.82 Å². The highest BCUT2D eigenvalue weighted by atomic mass is 19.1. The van der Waals surface area contributed by atoms with Gasteiger partial charge in [0.1, 0.15) is 17.6 Å². The van der Waals surface area contributed by atoms with Gasteiger partial charge < -0.3 is 20.0 Å².